The monoisotopic (exact) mass is 257 g/mol. The number of carbonyl (C=O) groups is 1. The zero-order chi connectivity index (χ0) is 12.9. The Kier molecular flexibility index (Phi) is 5.11. The summed E-state index contributed by atoms with van der Waals surface area (Å²) in [6, 6.07) is 3.45. The van der Waals surface area contributed by atoms with Crippen molar-refractivity contribution < 1.29 is 15.0 Å². The summed E-state index contributed by atoms with van der Waals surface area (Å²) in [6.07, 6.45) is 1.62. The number of aliphatic hydroxyl groups is 1. The molecule has 1 atom stereocenters. The van der Waals surface area contributed by atoms with Gasteiger partial charge in [0, 0.05) is 23.6 Å². The SMILES string of the molecule is CCC(C)(CCO)NCc1ccc(C(=O)O)s1. The molecule has 1 heterocycles. The van der Waals surface area contributed by atoms with E-state index in [1.807, 2.05) is 6.07 Å². The third-order valence-corrected chi connectivity index (χ3v) is 4.08. The van der Waals surface area contributed by atoms with Crippen LogP contribution in [0.15, 0.2) is 12.1 Å². The third-order valence-electron chi connectivity index (χ3n) is 3.01. The number of hydrogen-bond donors (Lipinski definition) is 3. The number of rotatable bonds is 7. The zero-order valence-corrected chi connectivity index (χ0v) is 11.0. The Labute approximate surface area is 105 Å². The van der Waals surface area contributed by atoms with Crippen LogP contribution in [0.3, 0.4) is 0 Å². The van der Waals surface area contributed by atoms with Gasteiger partial charge in [-0.05, 0) is 31.9 Å². The fourth-order valence-corrected chi connectivity index (χ4v) is 2.31. The molecule has 0 fully saturated rings. The molecule has 0 saturated carbocycles. The maximum atomic E-state index is 10.7. The van der Waals surface area contributed by atoms with Crippen LogP contribution >= 0.6 is 11.3 Å². The molecule has 0 saturated heterocycles. The molecule has 3 N–H and O–H groups in total. The molecule has 4 nitrogen and oxygen atoms in total. The molecule has 0 aliphatic rings. The van der Waals surface area contributed by atoms with Gasteiger partial charge in [0.05, 0.1) is 0 Å². The first-order valence-corrected chi connectivity index (χ1v) is 6.50. The molecular formula is C12H19NO3S. The Morgan fingerprint density at radius 1 is 1.53 bits per heavy atom. The molecule has 1 aromatic heterocycles. The van der Waals surface area contributed by atoms with E-state index in [1.54, 1.807) is 6.07 Å². The minimum Gasteiger partial charge on any atom is -0.477 e. The molecule has 96 valence electrons. The van der Waals surface area contributed by atoms with E-state index in [0.717, 1.165) is 11.3 Å². The lowest BCUT2D eigenvalue weighted by Crippen LogP contribution is -2.41. The highest BCUT2D eigenvalue weighted by Gasteiger charge is 2.20. The van der Waals surface area contributed by atoms with E-state index < -0.39 is 5.97 Å². The predicted octanol–water partition coefficient (Wildman–Crippen LogP) is 2.09. The largest absolute Gasteiger partial charge is 0.477 e. The van der Waals surface area contributed by atoms with Crippen LogP contribution in [-0.2, 0) is 6.54 Å². The zero-order valence-electron chi connectivity index (χ0n) is 10.2. The van der Waals surface area contributed by atoms with Gasteiger partial charge in [0.1, 0.15) is 4.88 Å². The van der Waals surface area contributed by atoms with Crippen molar-refractivity contribution in [1.82, 2.24) is 5.32 Å². The maximum absolute atomic E-state index is 10.7. The Morgan fingerprint density at radius 2 is 2.24 bits per heavy atom. The van der Waals surface area contributed by atoms with E-state index >= 15 is 0 Å². The number of aromatic carboxylic acids is 1. The van der Waals surface area contributed by atoms with E-state index in [2.05, 4.69) is 19.2 Å². The molecule has 0 aliphatic heterocycles. The van der Waals surface area contributed by atoms with Gasteiger partial charge in [0.25, 0.3) is 0 Å². The molecule has 0 spiro atoms. The molecule has 5 heteroatoms. The Hall–Kier alpha value is -0.910. The van der Waals surface area contributed by atoms with Crippen LogP contribution in [-0.4, -0.2) is 28.3 Å². The molecule has 0 aliphatic carbocycles. The Bertz CT molecular complexity index is 378. The van der Waals surface area contributed by atoms with Crippen molar-refractivity contribution in [1.29, 1.82) is 0 Å². The minimum absolute atomic E-state index is 0.0951. The number of carboxylic acid groups (broad SMARTS) is 1. The fraction of sp³-hybridized carbons (Fsp3) is 0.583. The molecule has 0 bridgehead atoms. The number of thiophene rings is 1. The summed E-state index contributed by atoms with van der Waals surface area (Å²) >= 11 is 1.29. The van der Waals surface area contributed by atoms with Crippen LogP contribution in [0.4, 0.5) is 0 Å². The summed E-state index contributed by atoms with van der Waals surface area (Å²) in [5.41, 5.74) is -0.0951. The lowest BCUT2D eigenvalue weighted by atomic mass is 9.95. The van der Waals surface area contributed by atoms with E-state index in [1.165, 1.54) is 11.3 Å². The van der Waals surface area contributed by atoms with Gasteiger partial charge in [-0.3, -0.25) is 0 Å². The van der Waals surface area contributed by atoms with Crippen molar-refractivity contribution in [2.75, 3.05) is 6.61 Å². The second-order valence-electron chi connectivity index (χ2n) is 4.31. The first-order chi connectivity index (χ1) is 8.00. The maximum Gasteiger partial charge on any atom is 0.345 e. The summed E-state index contributed by atoms with van der Waals surface area (Å²) in [4.78, 5) is 12.1. The van der Waals surface area contributed by atoms with Crippen LogP contribution in [0.25, 0.3) is 0 Å². The van der Waals surface area contributed by atoms with Gasteiger partial charge in [0.2, 0.25) is 0 Å². The first kappa shape index (κ1) is 14.2. The van der Waals surface area contributed by atoms with Gasteiger partial charge in [-0.1, -0.05) is 6.92 Å². The summed E-state index contributed by atoms with van der Waals surface area (Å²) in [5.74, 6) is -0.880. The lowest BCUT2D eigenvalue weighted by Gasteiger charge is -2.28. The Balaban J connectivity index is 2.56. The second kappa shape index (κ2) is 6.14. The summed E-state index contributed by atoms with van der Waals surface area (Å²) in [7, 11) is 0. The molecule has 1 aromatic rings. The molecule has 0 aromatic carbocycles. The van der Waals surface area contributed by atoms with Crippen LogP contribution < -0.4 is 5.32 Å². The van der Waals surface area contributed by atoms with Crippen molar-refractivity contribution in [2.24, 2.45) is 0 Å². The van der Waals surface area contributed by atoms with Gasteiger partial charge in [-0.25, -0.2) is 4.79 Å². The van der Waals surface area contributed by atoms with Gasteiger partial charge in [-0.2, -0.15) is 0 Å². The fourth-order valence-electron chi connectivity index (χ4n) is 1.53. The molecule has 1 rings (SSSR count). The molecule has 1 unspecified atom stereocenters. The quantitative estimate of drug-likeness (QED) is 0.699. The van der Waals surface area contributed by atoms with Crippen LogP contribution in [0.5, 0.6) is 0 Å². The average molecular weight is 257 g/mol. The highest BCUT2D eigenvalue weighted by Crippen LogP contribution is 2.19. The third kappa shape index (κ3) is 4.11. The molecule has 0 radical (unpaired) electrons. The summed E-state index contributed by atoms with van der Waals surface area (Å²) in [5, 5.41) is 21.2. The highest BCUT2D eigenvalue weighted by molar-refractivity contribution is 7.13. The van der Waals surface area contributed by atoms with Gasteiger partial charge >= 0.3 is 5.97 Å². The van der Waals surface area contributed by atoms with Crippen LogP contribution in [0.1, 0.15) is 41.2 Å². The predicted molar refractivity (Wildman–Crippen MR) is 68.5 cm³/mol. The lowest BCUT2D eigenvalue weighted by molar-refractivity contribution is 0.0702. The molecular weight excluding hydrogens is 238 g/mol. The summed E-state index contributed by atoms with van der Waals surface area (Å²) < 4.78 is 0. The van der Waals surface area contributed by atoms with E-state index in [9.17, 15) is 4.79 Å². The van der Waals surface area contributed by atoms with Gasteiger partial charge in [-0.15, -0.1) is 11.3 Å². The summed E-state index contributed by atoms with van der Waals surface area (Å²) in [6.45, 7) is 4.93. The van der Waals surface area contributed by atoms with Crippen molar-refractivity contribution in [3.8, 4) is 0 Å². The number of carboxylic acids is 1. The second-order valence-corrected chi connectivity index (χ2v) is 5.48. The van der Waals surface area contributed by atoms with E-state index in [-0.39, 0.29) is 12.1 Å². The minimum atomic E-state index is -0.880. The smallest absolute Gasteiger partial charge is 0.345 e. The number of nitrogens with one attached hydrogen (secondary N) is 1. The first-order valence-electron chi connectivity index (χ1n) is 5.68. The van der Waals surface area contributed by atoms with Crippen LogP contribution in [0, 0.1) is 0 Å². The molecule has 17 heavy (non-hydrogen) atoms. The van der Waals surface area contributed by atoms with E-state index in [0.29, 0.717) is 17.8 Å². The van der Waals surface area contributed by atoms with Crippen LogP contribution in [0.2, 0.25) is 0 Å². The number of hydrogen-bond acceptors (Lipinski definition) is 4. The number of aliphatic hydroxyl groups excluding tert-OH is 1. The Morgan fingerprint density at radius 3 is 2.71 bits per heavy atom. The normalized spacial score (nSPS) is 14.5. The highest BCUT2D eigenvalue weighted by atomic mass is 32.1. The van der Waals surface area contributed by atoms with E-state index in [4.69, 9.17) is 10.2 Å². The van der Waals surface area contributed by atoms with Gasteiger partial charge < -0.3 is 15.5 Å². The topological polar surface area (TPSA) is 69.6 Å². The average Bonchev–Trinajstić information content (AvgIpc) is 2.76. The van der Waals surface area contributed by atoms with Crippen molar-refractivity contribution in [3.05, 3.63) is 21.9 Å². The molecule has 0 amide bonds. The van der Waals surface area contributed by atoms with Gasteiger partial charge in [0.15, 0.2) is 0 Å². The standard InChI is InChI=1S/C12H19NO3S/c1-3-12(2,6-7-14)13-8-9-4-5-10(17-9)11(15)16/h4-5,13-14H,3,6-8H2,1-2H3,(H,15,16). The van der Waals surface area contributed by atoms with Crippen molar-refractivity contribution in [2.45, 2.75) is 38.8 Å². The van der Waals surface area contributed by atoms with Crippen molar-refractivity contribution >= 4 is 17.3 Å². The van der Waals surface area contributed by atoms with Crippen molar-refractivity contribution in [3.63, 3.8) is 0 Å².